The Morgan fingerprint density at radius 2 is 1.64 bits per heavy atom. The largest absolute Gasteiger partial charge is 0.353 e. The van der Waals surface area contributed by atoms with E-state index in [0.29, 0.717) is 0 Å². The van der Waals surface area contributed by atoms with Gasteiger partial charge in [-0.25, -0.2) is 4.98 Å². The monoisotopic (exact) mass is 379 g/mol. The van der Waals surface area contributed by atoms with Gasteiger partial charge < -0.3 is 14.7 Å². The lowest BCUT2D eigenvalue weighted by Gasteiger charge is -2.36. The summed E-state index contributed by atoms with van der Waals surface area (Å²) < 4.78 is 0. The number of amides is 1. The highest BCUT2D eigenvalue weighted by atomic mass is 16.2. The zero-order valence-corrected chi connectivity index (χ0v) is 16.9. The van der Waals surface area contributed by atoms with E-state index in [0.717, 1.165) is 67.7 Å². The molecule has 0 radical (unpaired) electrons. The molecule has 0 atom stereocenters. The van der Waals surface area contributed by atoms with Crippen LogP contribution in [0.1, 0.15) is 40.7 Å². The van der Waals surface area contributed by atoms with E-state index >= 15 is 0 Å². The normalized spacial score (nSPS) is 17.7. The smallest absolute Gasteiger partial charge is 0.254 e. The van der Waals surface area contributed by atoms with Crippen molar-refractivity contribution in [3.05, 3.63) is 47.2 Å². The summed E-state index contributed by atoms with van der Waals surface area (Å²) >= 11 is 0. The number of aryl methyl sites for hydroxylation is 2. The summed E-state index contributed by atoms with van der Waals surface area (Å²) in [6, 6.07) is 8.07. The van der Waals surface area contributed by atoms with Gasteiger partial charge in [-0.2, -0.15) is 4.98 Å². The van der Waals surface area contributed by atoms with E-state index in [1.54, 1.807) is 0 Å². The Hall–Kier alpha value is -2.63. The molecule has 0 saturated carbocycles. The molecule has 1 aromatic carbocycles. The molecular formula is C22H29N5O. The van der Waals surface area contributed by atoms with Crippen LogP contribution in [0.25, 0.3) is 0 Å². The Bertz CT molecular complexity index is 839. The predicted molar refractivity (Wildman–Crippen MR) is 112 cm³/mol. The molecule has 28 heavy (non-hydrogen) atoms. The molecule has 2 aliphatic heterocycles. The molecule has 6 heteroatoms. The van der Waals surface area contributed by atoms with Gasteiger partial charge in [0.2, 0.25) is 5.95 Å². The van der Waals surface area contributed by atoms with E-state index < -0.39 is 0 Å². The van der Waals surface area contributed by atoms with Crippen LogP contribution in [0.4, 0.5) is 11.8 Å². The molecule has 2 fully saturated rings. The molecule has 0 spiro atoms. The highest BCUT2D eigenvalue weighted by Gasteiger charge is 2.24. The maximum absolute atomic E-state index is 13.0. The van der Waals surface area contributed by atoms with Crippen molar-refractivity contribution in [1.82, 2.24) is 14.9 Å². The van der Waals surface area contributed by atoms with Crippen LogP contribution in [0.15, 0.2) is 30.5 Å². The number of carbonyl (C=O) groups excluding carboxylic acids is 1. The summed E-state index contributed by atoms with van der Waals surface area (Å²) in [6.07, 6.45) is 5.59. The second-order valence-corrected chi connectivity index (χ2v) is 7.86. The highest BCUT2D eigenvalue weighted by Crippen LogP contribution is 2.21. The maximum atomic E-state index is 13.0. The SMILES string of the molecule is Cc1ccc(C)c(C(=O)N2CCN(c3ccnc(N4CCCCC4)n3)CC2)c1. The summed E-state index contributed by atoms with van der Waals surface area (Å²) in [5.74, 6) is 1.94. The van der Waals surface area contributed by atoms with E-state index in [1.807, 2.05) is 43.1 Å². The summed E-state index contributed by atoms with van der Waals surface area (Å²) in [5, 5.41) is 0. The van der Waals surface area contributed by atoms with E-state index in [2.05, 4.69) is 20.9 Å². The van der Waals surface area contributed by atoms with Crippen LogP contribution in [0.5, 0.6) is 0 Å². The highest BCUT2D eigenvalue weighted by molar-refractivity contribution is 5.96. The number of piperidine rings is 1. The van der Waals surface area contributed by atoms with Gasteiger partial charge in [-0.05, 0) is 50.8 Å². The van der Waals surface area contributed by atoms with Crippen molar-refractivity contribution < 1.29 is 4.79 Å². The lowest BCUT2D eigenvalue weighted by atomic mass is 10.0. The molecule has 0 unspecified atom stereocenters. The van der Waals surface area contributed by atoms with E-state index in [9.17, 15) is 4.79 Å². The quantitative estimate of drug-likeness (QED) is 0.820. The topological polar surface area (TPSA) is 52.6 Å². The van der Waals surface area contributed by atoms with Crippen molar-refractivity contribution in [3.8, 4) is 0 Å². The van der Waals surface area contributed by atoms with Crippen molar-refractivity contribution >= 4 is 17.7 Å². The third-order valence-corrected chi connectivity index (χ3v) is 5.78. The fourth-order valence-corrected chi connectivity index (χ4v) is 4.04. The average molecular weight is 380 g/mol. The number of anilines is 2. The summed E-state index contributed by atoms with van der Waals surface area (Å²) in [5.41, 5.74) is 2.99. The van der Waals surface area contributed by atoms with Gasteiger partial charge in [0.15, 0.2) is 0 Å². The molecule has 6 nitrogen and oxygen atoms in total. The number of benzene rings is 1. The number of piperazine rings is 1. The van der Waals surface area contributed by atoms with Gasteiger partial charge in [0, 0.05) is 51.0 Å². The number of hydrogen-bond donors (Lipinski definition) is 0. The van der Waals surface area contributed by atoms with Crippen molar-refractivity contribution in [2.45, 2.75) is 33.1 Å². The first-order chi connectivity index (χ1) is 13.6. The van der Waals surface area contributed by atoms with Crippen molar-refractivity contribution in [2.75, 3.05) is 49.1 Å². The minimum Gasteiger partial charge on any atom is -0.353 e. The number of nitrogens with zero attached hydrogens (tertiary/aromatic N) is 5. The van der Waals surface area contributed by atoms with Gasteiger partial charge in [-0.3, -0.25) is 4.79 Å². The Labute approximate surface area is 167 Å². The number of aromatic nitrogens is 2. The Morgan fingerprint density at radius 1 is 0.893 bits per heavy atom. The zero-order valence-electron chi connectivity index (χ0n) is 16.9. The van der Waals surface area contributed by atoms with Crippen LogP contribution < -0.4 is 9.80 Å². The number of rotatable bonds is 3. The van der Waals surface area contributed by atoms with E-state index in [1.165, 1.54) is 19.3 Å². The fourth-order valence-electron chi connectivity index (χ4n) is 4.04. The lowest BCUT2D eigenvalue weighted by molar-refractivity contribution is 0.0745. The molecule has 0 bridgehead atoms. The predicted octanol–water partition coefficient (Wildman–Crippen LogP) is 3.05. The molecule has 1 aromatic heterocycles. The molecule has 2 saturated heterocycles. The molecule has 2 aliphatic rings. The Morgan fingerprint density at radius 3 is 2.39 bits per heavy atom. The molecule has 0 N–H and O–H groups in total. The maximum Gasteiger partial charge on any atom is 0.254 e. The Kier molecular flexibility index (Phi) is 5.46. The van der Waals surface area contributed by atoms with Crippen LogP contribution in [-0.2, 0) is 0 Å². The standard InChI is InChI=1S/C22H29N5O/c1-17-6-7-18(2)19(16-17)21(28)26-14-12-25(13-15-26)20-8-9-23-22(24-20)27-10-4-3-5-11-27/h6-9,16H,3-5,10-15H2,1-2H3. The van der Waals surface area contributed by atoms with Crippen LogP contribution in [0.2, 0.25) is 0 Å². The van der Waals surface area contributed by atoms with E-state index in [4.69, 9.17) is 4.98 Å². The van der Waals surface area contributed by atoms with Gasteiger partial charge in [-0.1, -0.05) is 17.7 Å². The van der Waals surface area contributed by atoms with Crippen LogP contribution >= 0.6 is 0 Å². The summed E-state index contributed by atoms with van der Waals surface area (Å²) in [6.45, 7) is 9.16. The third kappa shape index (κ3) is 3.96. The van der Waals surface area contributed by atoms with E-state index in [-0.39, 0.29) is 5.91 Å². The summed E-state index contributed by atoms with van der Waals surface area (Å²) in [4.78, 5) is 28.8. The van der Waals surface area contributed by atoms with Crippen LogP contribution in [0.3, 0.4) is 0 Å². The number of hydrogen-bond acceptors (Lipinski definition) is 5. The molecule has 2 aromatic rings. The molecule has 148 valence electrons. The first-order valence-electron chi connectivity index (χ1n) is 10.3. The lowest BCUT2D eigenvalue weighted by Crippen LogP contribution is -2.49. The molecule has 4 rings (SSSR count). The first kappa shape index (κ1) is 18.7. The second-order valence-electron chi connectivity index (χ2n) is 7.86. The van der Waals surface area contributed by atoms with Gasteiger partial charge in [-0.15, -0.1) is 0 Å². The zero-order chi connectivity index (χ0) is 19.5. The third-order valence-electron chi connectivity index (χ3n) is 5.78. The average Bonchev–Trinajstić information content (AvgIpc) is 2.76. The first-order valence-corrected chi connectivity index (χ1v) is 10.3. The molecule has 0 aliphatic carbocycles. The molecular weight excluding hydrogens is 350 g/mol. The van der Waals surface area contributed by atoms with Crippen LogP contribution in [0, 0.1) is 13.8 Å². The molecule has 1 amide bonds. The van der Waals surface area contributed by atoms with Crippen LogP contribution in [-0.4, -0.2) is 60.0 Å². The Balaban J connectivity index is 1.41. The minimum absolute atomic E-state index is 0.137. The minimum atomic E-state index is 0.137. The summed E-state index contributed by atoms with van der Waals surface area (Å²) in [7, 11) is 0. The van der Waals surface area contributed by atoms with Gasteiger partial charge >= 0.3 is 0 Å². The molecule has 3 heterocycles. The van der Waals surface area contributed by atoms with Crippen molar-refractivity contribution in [1.29, 1.82) is 0 Å². The number of carbonyl (C=O) groups is 1. The second kappa shape index (κ2) is 8.17. The van der Waals surface area contributed by atoms with Gasteiger partial charge in [0.25, 0.3) is 5.91 Å². The van der Waals surface area contributed by atoms with Crippen molar-refractivity contribution in [2.24, 2.45) is 0 Å². The van der Waals surface area contributed by atoms with Gasteiger partial charge in [0.05, 0.1) is 0 Å². The van der Waals surface area contributed by atoms with Crippen molar-refractivity contribution in [3.63, 3.8) is 0 Å². The fraction of sp³-hybridized carbons (Fsp3) is 0.500. The van der Waals surface area contributed by atoms with Gasteiger partial charge in [0.1, 0.15) is 5.82 Å².